The predicted octanol–water partition coefficient (Wildman–Crippen LogP) is 0.196. The molecule has 6 nitrogen and oxygen atoms in total. The van der Waals surface area contributed by atoms with Crippen molar-refractivity contribution >= 4 is 11.9 Å². The highest BCUT2D eigenvalue weighted by atomic mass is 16.6. The van der Waals surface area contributed by atoms with Crippen LogP contribution < -0.4 is 11.1 Å². The Morgan fingerprint density at radius 2 is 2.00 bits per heavy atom. The molecule has 5 N–H and O–H groups in total. The van der Waals surface area contributed by atoms with Crippen molar-refractivity contribution in [2.45, 2.75) is 45.4 Å². The Morgan fingerprint density at radius 1 is 1.53 bits per heavy atom. The van der Waals surface area contributed by atoms with E-state index in [2.05, 4.69) is 5.32 Å². The van der Waals surface area contributed by atoms with Crippen LogP contribution in [0.4, 0.5) is 4.79 Å². The lowest BCUT2D eigenvalue weighted by Crippen LogP contribution is -2.51. The Hall–Kier alpha value is -1.30. The average molecular weight is 217 g/mol. The Morgan fingerprint density at radius 3 is 2.27 bits per heavy atom. The van der Waals surface area contributed by atoms with E-state index in [1.54, 1.807) is 20.8 Å². The van der Waals surface area contributed by atoms with Gasteiger partial charge in [-0.25, -0.2) is 4.79 Å². The molecule has 0 aliphatic carbocycles. The summed E-state index contributed by atoms with van der Waals surface area (Å²) >= 11 is 0. The van der Waals surface area contributed by atoms with Gasteiger partial charge in [0.05, 0.1) is 6.10 Å². The van der Waals surface area contributed by atoms with Gasteiger partial charge in [-0.05, 0) is 27.7 Å². The number of amidine groups is 1. The van der Waals surface area contributed by atoms with Crippen molar-refractivity contribution in [2.24, 2.45) is 5.73 Å². The van der Waals surface area contributed by atoms with E-state index in [-0.39, 0.29) is 5.84 Å². The maximum absolute atomic E-state index is 11.3. The van der Waals surface area contributed by atoms with Crippen LogP contribution in [0.2, 0.25) is 0 Å². The maximum atomic E-state index is 11.3. The minimum atomic E-state index is -0.935. The molecule has 88 valence electrons. The molecule has 0 spiro atoms. The molecule has 0 aliphatic heterocycles. The fourth-order valence-corrected chi connectivity index (χ4v) is 0.893. The molecule has 0 unspecified atom stereocenters. The average Bonchev–Trinajstić information content (AvgIpc) is 1.95. The van der Waals surface area contributed by atoms with Gasteiger partial charge in [-0.1, -0.05) is 0 Å². The number of nitrogens with two attached hydrogens (primary N) is 1. The first-order chi connectivity index (χ1) is 6.63. The Labute approximate surface area is 89.3 Å². The maximum Gasteiger partial charge on any atom is 0.408 e. The van der Waals surface area contributed by atoms with Crippen molar-refractivity contribution in [3.63, 3.8) is 0 Å². The second-order valence-electron chi connectivity index (χ2n) is 4.32. The molecule has 0 saturated heterocycles. The summed E-state index contributed by atoms with van der Waals surface area (Å²) in [5, 5.41) is 18.7. The summed E-state index contributed by atoms with van der Waals surface area (Å²) in [5.74, 6) is -0.309. The second-order valence-corrected chi connectivity index (χ2v) is 4.32. The van der Waals surface area contributed by atoms with E-state index < -0.39 is 23.8 Å². The van der Waals surface area contributed by atoms with Gasteiger partial charge >= 0.3 is 6.09 Å². The van der Waals surface area contributed by atoms with E-state index in [0.29, 0.717) is 0 Å². The summed E-state index contributed by atoms with van der Waals surface area (Å²) in [4.78, 5) is 11.3. The standard InChI is InChI=1S/C9H19N3O3/c1-5(13)6(7(10)11)12-8(14)15-9(2,3)4/h5-6,13H,1-4H3,(H3,10,11)(H,12,14)/t5-,6+/m1/s1. The number of ether oxygens (including phenoxy) is 1. The fourth-order valence-electron chi connectivity index (χ4n) is 0.893. The second kappa shape index (κ2) is 4.97. The predicted molar refractivity (Wildman–Crippen MR) is 56.8 cm³/mol. The lowest BCUT2D eigenvalue weighted by molar-refractivity contribution is 0.0473. The smallest absolute Gasteiger partial charge is 0.408 e. The summed E-state index contributed by atoms with van der Waals surface area (Å²) in [6.45, 7) is 6.59. The van der Waals surface area contributed by atoms with Gasteiger partial charge in [0.1, 0.15) is 17.5 Å². The van der Waals surface area contributed by atoms with E-state index in [9.17, 15) is 9.90 Å². The molecule has 0 radical (unpaired) electrons. The molecule has 0 saturated carbocycles. The van der Waals surface area contributed by atoms with Gasteiger partial charge in [0.15, 0.2) is 0 Å². The van der Waals surface area contributed by atoms with Crippen molar-refractivity contribution in [1.29, 1.82) is 5.41 Å². The van der Waals surface area contributed by atoms with Crippen molar-refractivity contribution in [2.75, 3.05) is 0 Å². The minimum Gasteiger partial charge on any atom is -0.444 e. The van der Waals surface area contributed by atoms with Crippen LogP contribution in [0.5, 0.6) is 0 Å². The zero-order valence-electron chi connectivity index (χ0n) is 9.50. The molecule has 0 aromatic carbocycles. The van der Waals surface area contributed by atoms with Crippen LogP contribution >= 0.6 is 0 Å². The van der Waals surface area contributed by atoms with Gasteiger partial charge in [0.2, 0.25) is 0 Å². The normalized spacial score (nSPS) is 15.3. The third-order valence-corrected chi connectivity index (χ3v) is 1.49. The molecule has 0 fully saturated rings. The first kappa shape index (κ1) is 13.7. The van der Waals surface area contributed by atoms with E-state index >= 15 is 0 Å². The summed E-state index contributed by atoms with van der Waals surface area (Å²) < 4.78 is 4.96. The number of carbonyl (C=O) groups excluding carboxylic acids is 1. The van der Waals surface area contributed by atoms with Crippen molar-refractivity contribution in [3.05, 3.63) is 0 Å². The van der Waals surface area contributed by atoms with Gasteiger partial charge in [0, 0.05) is 0 Å². The molecule has 0 aromatic heterocycles. The number of alkyl carbamates (subject to hydrolysis) is 1. The lowest BCUT2D eigenvalue weighted by atomic mass is 10.1. The van der Waals surface area contributed by atoms with Crippen molar-refractivity contribution in [3.8, 4) is 0 Å². The monoisotopic (exact) mass is 217 g/mol. The van der Waals surface area contributed by atoms with Crippen LogP contribution in [0.25, 0.3) is 0 Å². The van der Waals surface area contributed by atoms with Gasteiger partial charge in [-0.3, -0.25) is 5.41 Å². The summed E-state index contributed by atoms with van der Waals surface area (Å²) in [6, 6.07) is -0.917. The fraction of sp³-hybridized carbons (Fsp3) is 0.778. The first-order valence-corrected chi connectivity index (χ1v) is 4.65. The number of aliphatic hydroxyl groups is 1. The van der Waals surface area contributed by atoms with E-state index in [1.165, 1.54) is 6.92 Å². The number of aliphatic hydroxyl groups excluding tert-OH is 1. The zero-order chi connectivity index (χ0) is 12.2. The highest BCUT2D eigenvalue weighted by molar-refractivity contribution is 5.86. The van der Waals surface area contributed by atoms with E-state index in [4.69, 9.17) is 15.9 Å². The highest BCUT2D eigenvalue weighted by Gasteiger charge is 2.24. The molecule has 1 amide bonds. The molecule has 6 heteroatoms. The Balaban J connectivity index is 4.31. The zero-order valence-corrected chi connectivity index (χ0v) is 9.50. The van der Waals surface area contributed by atoms with Crippen LogP contribution in [0.3, 0.4) is 0 Å². The number of hydrogen-bond donors (Lipinski definition) is 4. The van der Waals surface area contributed by atoms with Crippen molar-refractivity contribution < 1.29 is 14.6 Å². The molecule has 0 aliphatic rings. The van der Waals surface area contributed by atoms with Gasteiger partial charge in [-0.2, -0.15) is 0 Å². The number of nitrogens with one attached hydrogen (secondary N) is 2. The van der Waals surface area contributed by atoms with Crippen LogP contribution in [0.15, 0.2) is 0 Å². The minimum absolute atomic E-state index is 0.309. The molecule has 0 heterocycles. The molecular weight excluding hydrogens is 198 g/mol. The SMILES string of the molecule is C[C@@H](O)[C@H](NC(=O)OC(C)(C)C)C(=N)N. The van der Waals surface area contributed by atoms with E-state index in [0.717, 1.165) is 0 Å². The summed E-state index contributed by atoms with van der Waals surface area (Å²) in [7, 11) is 0. The van der Waals surface area contributed by atoms with Crippen LogP contribution in [-0.2, 0) is 4.74 Å². The number of rotatable bonds is 3. The van der Waals surface area contributed by atoms with Crippen LogP contribution in [-0.4, -0.2) is 34.8 Å². The summed E-state index contributed by atoms with van der Waals surface area (Å²) in [5.41, 5.74) is 4.58. The number of amides is 1. The Bertz CT molecular complexity index is 245. The van der Waals surface area contributed by atoms with Gasteiger partial charge < -0.3 is 20.9 Å². The summed E-state index contributed by atoms with van der Waals surface area (Å²) in [6.07, 6.45) is -1.64. The molecular formula is C9H19N3O3. The number of carbonyl (C=O) groups is 1. The first-order valence-electron chi connectivity index (χ1n) is 4.65. The van der Waals surface area contributed by atoms with Crippen molar-refractivity contribution in [1.82, 2.24) is 5.32 Å². The van der Waals surface area contributed by atoms with Crippen LogP contribution in [0, 0.1) is 5.41 Å². The quantitative estimate of drug-likeness (QED) is 0.400. The van der Waals surface area contributed by atoms with Crippen LogP contribution in [0.1, 0.15) is 27.7 Å². The molecule has 0 rings (SSSR count). The van der Waals surface area contributed by atoms with Gasteiger partial charge in [-0.15, -0.1) is 0 Å². The molecule has 2 atom stereocenters. The third kappa shape index (κ3) is 5.90. The number of hydrogen-bond acceptors (Lipinski definition) is 4. The molecule has 15 heavy (non-hydrogen) atoms. The molecule has 0 aromatic rings. The van der Waals surface area contributed by atoms with E-state index in [1.807, 2.05) is 0 Å². The largest absolute Gasteiger partial charge is 0.444 e. The Kier molecular flexibility index (Phi) is 4.54. The highest BCUT2D eigenvalue weighted by Crippen LogP contribution is 2.07. The van der Waals surface area contributed by atoms with Gasteiger partial charge in [0.25, 0.3) is 0 Å². The lowest BCUT2D eigenvalue weighted by Gasteiger charge is -2.24. The third-order valence-electron chi connectivity index (χ3n) is 1.49. The topological polar surface area (TPSA) is 108 Å². The molecule has 0 bridgehead atoms.